The van der Waals surface area contributed by atoms with Crippen LogP contribution in [0.3, 0.4) is 0 Å². The monoisotopic (exact) mass is 250 g/mol. The molecule has 18 heavy (non-hydrogen) atoms. The van der Waals surface area contributed by atoms with Crippen molar-refractivity contribution in [1.29, 1.82) is 0 Å². The van der Waals surface area contributed by atoms with Gasteiger partial charge in [0.2, 0.25) is 0 Å². The molecule has 1 aliphatic rings. The van der Waals surface area contributed by atoms with Crippen molar-refractivity contribution in [3.63, 3.8) is 0 Å². The highest BCUT2D eigenvalue weighted by atomic mass is 16.5. The van der Waals surface area contributed by atoms with Crippen LogP contribution in [0.5, 0.6) is 0 Å². The van der Waals surface area contributed by atoms with Crippen molar-refractivity contribution in [3.8, 4) is 0 Å². The molecule has 0 aromatic heterocycles. The molecule has 1 heterocycles. The van der Waals surface area contributed by atoms with Gasteiger partial charge in [-0.05, 0) is 30.2 Å². The average molecular weight is 250 g/mol. The minimum Gasteiger partial charge on any atom is -0.478 e. The summed E-state index contributed by atoms with van der Waals surface area (Å²) in [6.45, 7) is 2.99. The van der Waals surface area contributed by atoms with Crippen molar-refractivity contribution in [2.24, 2.45) is 0 Å². The summed E-state index contributed by atoms with van der Waals surface area (Å²) in [5.74, 6) is -2.24. The Balaban J connectivity index is 2.53. The maximum atomic E-state index is 11.0. The molecule has 0 amide bonds. The lowest BCUT2D eigenvalue weighted by molar-refractivity contribution is -0.0620. The zero-order valence-corrected chi connectivity index (χ0v) is 9.97. The van der Waals surface area contributed by atoms with Crippen LogP contribution >= 0.6 is 0 Å². The molecule has 0 saturated carbocycles. The minimum absolute atomic E-state index is 0.00428. The second-order valence-electron chi connectivity index (χ2n) is 4.54. The van der Waals surface area contributed by atoms with Crippen LogP contribution in [-0.4, -0.2) is 35.4 Å². The van der Waals surface area contributed by atoms with E-state index in [0.717, 1.165) is 12.0 Å². The van der Waals surface area contributed by atoms with Crippen LogP contribution in [0.2, 0.25) is 0 Å². The molecule has 0 spiro atoms. The summed E-state index contributed by atoms with van der Waals surface area (Å²) in [6.07, 6.45) is 0.787. The second-order valence-corrected chi connectivity index (χ2v) is 4.54. The van der Waals surface area contributed by atoms with E-state index < -0.39 is 11.9 Å². The largest absolute Gasteiger partial charge is 0.478 e. The van der Waals surface area contributed by atoms with Crippen molar-refractivity contribution in [2.45, 2.75) is 18.8 Å². The van der Waals surface area contributed by atoms with Gasteiger partial charge in [-0.3, -0.25) is 0 Å². The predicted octanol–water partition coefficient (Wildman–Crippen LogP) is 1.76. The second kappa shape index (κ2) is 4.42. The molecule has 2 rings (SSSR count). The maximum Gasteiger partial charge on any atom is 0.335 e. The van der Waals surface area contributed by atoms with E-state index in [2.05, 4.69) is 0 Å². The van der Waals surface area contributed by atoms with Crippen LogP contribution in [0.25, 0.3) is 0 Å². The van der Waals surface area contributed by atoms with Gasteiger partial charge >= 0.3 is 11.9 Å². The lowest BCUT2D eigenvalue weighted by Crippen LogP contribution is -2.46. The highest BCUT2D eigenvalue weighted by Gasteiger charge is 2.39. The van der Waals surface area contributed by atoms with Crippen LogP contribution in [0.1, 0.15) is 39.6 Å². The molecule has 1 saturated heterocycles. The molecule has 96 valence electrons. The Morgan fingerprint density at radius 1 is 1.17 bits per heavy atom. The number of carboxylic acids is 2. The van der Waals surface area contributed by atoms with Crippen molar-refractivity contribution < 1.29 is 24.5 Å². The highest BCUT2D eigenvalue weighted by Crippen LogP contribution is 2.36. The quantitative estimate of drug-likeness (QED) is 0.850. The average Bonchev–Trinajstić information content (AvgIpc) is 2.27. The van der Waals surface area contributed by atoms with Gasteiger partial charge in [0.1, 0.15) is 0 Å². The highest BCUT2D eigenvalue weighted by molar-refractivity contribution is 5.94. The number of carbonyl (C=O) groups is 2. The van der Waals surface area contributed by atoms with Gasteiger partial charge in [0.15, 0.2) is 0 Å². The van der Waals surface area contributed by atoms with Gasteiger partial charge in [-0.15, -0.1) is 0 Å². The number of hydrogen-bond donors (Lipinski definition) is 2. The number of aromatic carboxylic acids is 2. The molecule has 5 heteroatoms. The smallest absolute Gasteiger partial charge is 0.335 e. The van der Waals surface area contributed by atoms with E-state index >= 15 is 0 Å². The van der Waals surface area contributed by atoms with E-state index in [1.807, 2.05) is 6.92 Å². The first-order valence-corrected chi connectivity index (χ1v) is 5.68. The van der Waals surface area contributed by atoms with Crippen molar-refractivity contribution >= 4 is 11.9 Å². The third-order valence-corrected chi connectivity index (χ3v) is 3.47. The van der Waals surface area contributed by atoms with Gasteiger partial charge in [0.25, 0.3) is 0 Å². The fourth-order valence-corrected chi connectivity index (χ4v) is 2.10. The van der Waals surface area contributed by atoms with E-state index in [4.69, 9.17) is 14.9 Å². The summed E-state index contributed by atoms with van der Waals surface area (Å²) in [6, 6.07) is 4.26. The molecule has 0 radical (unpaired) electrons. The number of rotatable bonds is 4. The Labute approximate surface area is 104 Å². The zero-order valence-electron chi connectivity index (χ0n) is 9.97. The standard InChI is InChI=1S/C13H14O5/c1-2-13(6-18-7-13)10-4-8(11(14)15)3-9(5-10)12(16)17/h3-5H,2,6-7H2,1H3,(H,14,15)(H,16,17). The Bertz CT molecular complexity index is 464. The van der Waals surface area contributed by atoms with Crippen molar-refractivity contribution in [1.82, 2.24) is 0 Å². The topological polar surface area (TPSA) is 83.8 Å². The third-order valence-electron chi connectivity index (χ3n) is 3.47. The number of ether oxygens (including phenoxy) is 1. The van der Waals surface area contributed by atoms with Crippen LogP contribution in [0, 0.1) is 0 Å². The summed E-state index contributed by atoms with van der Waals surface area (Å²) in [5, 5.41) is 18.0. The molecule has 1 fully saturated rings. The van der Waals surface area contributed by atoms with E-state index in [1.165, 1.54) is 6.07 Å². The van der Waals surface area contributed by atoms with Gasteiger partial charge in [-0.2, -0.15) is 0 Å². The molecule has 0 unspecified atom stereocenters. The van der Waals surface area contributed by atoms with Crippen LogP contribution in [-0.2, 0) is 10.2 Å². The summed E-state index contributed by atoms with van der Waals surface area (Å²) < 4.78 is 5.19. The Kier molecular flexibility index (Phi) is 3.09. The van der Waals surface area contributed by atoms with Crippen LogP contribution in [0.4, 0.5) is 0 Å². The molecule has 1 aromatic carbocycles. The molecular weight excluding hydrogens is 236 g/mol. The van der Waals surface area contributed by atoms with E-state index in [0.29, 0.717) is 13.2 Å². The minimum atomic E-state index is -1.12. The molecule has 1 aromatic rings. The first-order valence-electron chi connectivity index (χ1n) is 5.68. The fraction of sp³-hybridized carbons (Fsp3) is 0.385. The van der Waals surface area contributed by atoms with E-state index in [-0.39, 0.29) is 16.5 Å². The first kappa shape index (κ1) is 12.6. The van der Waals surface area contributed by atoms with E-state index in [1.54, 1.807) is 12.1 Å². The molecule has 5 nitrogen and oxygen atoms in total. The Hall–Kier alpha value is -1.88. The summed E-state index contributed by atoms with van der Waals surface area (Å²) in [5.41, 5.74) is 0.498. The maximum absolute atomic E-state index is 11.0. The number of carboxylic acid groups (broad SMARTS) is 2. The van der Waals surface area contributed by atoms with Gasteiger partial charge in [0, 0.05) is 5.41 Å². The molecule has 0 atom stereocenters. The first-order chi connectivity index (χ1) is 8.48. The summed E-state index contributed by atoms with van der Waals surface area (Å²) >= 11 is 0. The molecule has 1 aliphatic heterocycles. The molecule has 0 aliphatic carbocycles. The predicted molar refractivity (Wildman–Crippen MR) is 63.1 cm³/mol. The molecular formula is C13H14O5. The summed E-state index contributed by atoms with van der Waals surface area (Å²) in [4.78, 5) is 22.1. The van der Waals surface area contributed by atoms with Gasteiger partial charge < -0.3 is 14.9 Å². The van der Waals surface area contributed by atoms with Crippen molar-refractivity contribution in [2.75, 3.05) is 13.2 Å². The third kappa shape index (κ3) is 1.97. The lowest BCUT2D eigenvalue weighted by Gasteiger charge is -2.41. The summed E-state index contributed by atoms with van der Waals surface area (Å²) in [7, 11) is 0. The van der Waals surface area contributed by atoms with Crippen molar-refractivity contribution in [3.05, 3.63) is 34.9 Å². The van der Waals surface area contributed by atoms with Crippen LogP contribution in [0.15, 0.2) is 18.2 Å². The fourth-order valence-electron chi connectivity index (χ4n) is 2.10. The number of benzene rings is 1. The Morgan fingerprint density at radius 2 is 1.67 bits per heavy atom. The zero-order chi connectivity index (χ0) is 13.3. The van der Waals surface area contributed by atoms with Gasteiger partial charge in [0.05, 0.1) is 24.3 Å². The van der Waals surface area contributed by atoms with Crippen LogP contribution < -0.4 is 0 Å². The normalized spacial score (nSPS) is 16.9. The Morgan fingerprint density at radius 3 is 1.94 bits per heavy atom. The van der Waals surface area contributed by atoms with Gasteiger partial charge in [-0.25, -0.2) is 9.59 Å². The lowest BCUT2D eigenvalue weighted by atomic mass is 9.75. The van der Waals surface area contributed by atoms with Gasteiger partial charge in [-0.1, -0.05) is 6.92 Å². The number of hydrogen-bond acceptors (Lipinski definition) is 3. The molecule has 0 bridgehead atoms. The molecule has 2 N–H and O–H groups in total. The van der Waals surface area contributed by atoms with E-state index in [9.17, 15) is 9.59 Å². The SMILES string of the molecule is CCC1(c2cc(C(=O)O)cc(C(=O)O)c2)COC1.